The van der Waals surface area contributed by atoms with E-state index in [1.807, 2.05) is 45.0 Å². The van der Waals surface area contributed by atoms with Crippen LogP contribution in [0.3, 0.4) is 0 Å². The predicted octanol–water partition coefficient (Wildman–Crippen LogP) is 4.35. The van der Waals surface area contributed by atoms with Crippen molar-refractivity contribution in [2.45, 2.75) is 24.8 Å². The average molecular weight is 511 g/mol. The molecule has 1 aliphatic rings. The summed E-state index contributed by atoms with van der Waals surface area (Å²) < 4.78 is 42.7. The Kier molecular flexibility index (Phi) is 7.97. The second-order valence-electron chi connectivity index (χ2n) is 9.62. The number of halogens is 1. The molecule has 8 heteroatoms. The third-order valence-electron chi connectivity index (χ3n) is 6.83. The second kappa shape index (κ2) is 11.0. The fourth-order valence-electron chi connectivity index (χ4n) is 4.76. The quantitative estimate of drug-likeness (QED) is 0.488. The van der Waals surface area contributed by atoms with E-state index < -0.39 is 10.0 Å². The van der Waals surface area contributed by atoms with Crippen molar-refractivity contribution in [3.05, 3.63) is 89.2 Å². The molecule has 3 aromatic carbocycles. The van der Waals surface area contributed by atoms with Crippen LogP contribution in [0, 0.1) is 19.7 Å². The number of anilines is 2. The van der Waals surface area contributed by atoms with Crippen LogP contribution in [0.25, 0.3) is 0 Å². The topological polar surface area (TPSA) is 55.9 Å². The summed E-state index contributed by atoms with van der Waals surface area (Å²) in [5.74, 6) is -0.241. The van der Waals surface area contributed by atoms with Gasteiger partial charge in [0.15, 0.2) is 0 Å². The number of sulfonamides is 1. The van der Waals surface area contributed by atoms with E-state index in [-0.39, 0.29) is 18.4 Å². The molecule has 0 aromatic heterocycles. The van der Waals surface area contributed by atoms with E-state index in [1.54, 1.807) is 18.2 Å². The minimum atomic E-state index is -3.66. The molecule has 192 valence electrons. The third kappa shape index (κ3) is 6.06. The van der Waals surface area contributed by atoms with Crippen LogP contribution < -0.4 is 14.5 Å². The molecule has 1 fully saturated rings. The molecule has 1 N–H and O–H groups in total. The SMILES string of the molecule is Cc1ccc(S(=O)(=O)NCC(c2ccc(N(C)C)cc2)N2CCN(c3ccc(F)cc3)CC2)c(C)c1. The van der Waals surface area contributed by atoms with Crippen LogP contribution in [-0.2, 0) is 10.0 Å². The molecule has 0 amide bonds. The van der Waals surface area contributed by atoms with Crippen molar-refractivity contribution in [2.75, 3.05) is 56.6 Å². The maximum atomic E-state index is 13.4. The van der Waals surface area contributed by atoms with Crippen LogP contribution in [0.4, 0.5) is 15.8 Å². The summed E-state index contributed by atoms with van der Waals surface area (Å²) in [6, 6.07) is 20.2. The Bertz CT molecular complexity index is 1270. The fourth-order valence-corrected chi connectivity index (χ4v) is 6.03. The monoisotopic (exact) mass is 510 g/mol. The Morgan fingerprint density at radius 2 is 1.56 bits per heavy atom. The lowest BCUT2D eigenvalue weighted by Crippen LogP contribution is -2.50. The van der Waals surface area contributed by atoms with Crippen molar-refractivity contribution in [1.82, 2.24) is 9.62 Å². The van der Waals surface area contributed by atoms with Gasteiger partial charge in [-0.25, -0.2) is 17.5 Å². The molecule has 0 bridgehead atoms. The standard InChI is InChI=1S/C28H35FN4O2S/c1-21-5-14-28(22(2)19-21)36(34,35)30-20-27(23-6-10-25(11-7-23)31(3)4)33-17-15-32(16-18-33)26-12-8-24(29)9-13-26/h5-14,19,27,30H,15-18,20H2,1-4H3. The number of piperazine rings is 1. The molecule has 0 aliphatic carbocycles. The lowest BCUT2D eigenvalue weighted by Gasteiger charge is -2.40. The maximum Gasteiger partial charge on any atom is 0.240 e. The Morgan fingerprint density at radius 3 is 2.14 bits per heavy atom. The van der Waals surface area contributed by atoms with Gasteiger partial charge in [0.2, 0.25) is 10.0 Å². The van der Waals surface area contributed by atoms with E-state index in [0.717, 1.165) is 54.2 Å². The van der Waals surface area contributed by atoms with E-state index in [9.17, 15) is 12.8 Å². The summed E-state index contributed by atoms with van der Waals surface area (Å²) in [5.41, 5.74) is 4.93. The summed E-state index contributed by atoms with van der Waals surface area (Å²) in [7, 11) is 0.339. The highest BCUT2D eigenvalue weighted by molar-refractivity contribution is 7.89. The van der Waals surface area contributed by atoms with Crippen LogP contribution in [0.2, 0.25) is 0 Å². The molecule has 0 radical (unpaired) electrons. The molecule has 1 unspecified atom stereocenters. The largest absolute Gasteiger partial charge is 0.378 e. The first-order chi connectivity index (χ1) is 17.1. The number of nitrogens with one attached hydrogen (secondary N) is 1. The molecule has 1 atom stereocenters. The van der Waals surface area contributed by atoms with E-state index >= 15 is 0 Å². The zero-order valence-electron chi connectivity index (χ0n) is 21.4. The summed E-state index contributed by atoms with van der Waals surface area (Å²) in [5, 5.41) is 0. The molecule has 1 aliphatic heterocycles. The van der Waals surface area contributed by atoms with Crippen molar-refractivity contribution in [3.63, 3.8) is 0 Å². The Balaban J connectivity index is 1.53. The predicted molar refractivity (Wildman–Crippen MR) is 145 cm³/mol. The molecule has 4 rings (SSSR count). The van der Waals surface area contributed by atoms with Crippen LogP contribution in [-0.4, -0.2) is 60.1 Å². The summed E-state index contributed by atoms with van der Waals surface area (Å²) in [6.45, 7) is 7.14. The molecule has 1 saturated heterocycles. The van der Waals surface area contributed by atoms with E-state index in [4.69, 9.17) is 0 Å². The molecular weight excluding hydrogens is 475 g/mol. The number of rotatable bonds is 8. The van der Waals surface area contributed by atoms with Crippen LogP contribution >= 0.6 is 0 Å². The maximum absolute atomic E-state index is 13.4. The van der Waals surface area contributed by atoms with Gasteiger partial charge in [0.05, 0.1) is 4.90 Å². The highest BCUT2D eigenvalue weighted by atomic mass is 32.2. The van der Waals surface area contributed by atoms with E-state index in [2.05, 4.69) is 38.8 Å². The smallest absolute Gasteiger partial charge is 0.240 e. The average Bonchev–Trinajstić information content (AvgIpc) is 2.85. The second-order valence-corrected chi connectivity index (χ2v) is 11.4. The van der Waals surface area contributed by atoms with Crippen molar-refractivity contribution in [3.8, 4) is 0 Å². The van der Waals surface area contributed by atoms with Gasteiger partial charge in [-0.05, 0) is 67.4 Å². The fraction of sp³-hybridized carbons (Fsp3) is 0.357. The van der Waals surface area contributed by atoms with Gasteiger partial charge in [0.25, 0.3) is 0 Å². The molecule has 3 aromatic rings. The van der Waals surface area contributed by atoms with Gasteiger partial charge in [-0.3, -0.25) is 4.90 Å². The lowest BCUT2D eigenvalue weighted by atomic mass is 10.0. The first-order valence-corrected chi connectivity index (χ1v) is 13.7. The van der Waals surface area contributed by atoms with Gasteiger partial charge in [-0.1, -0.05) is 29.8 Å². The summed E-state index contributed by atoms with van der Waals surface area (Å²) >= 11 is 0. The third-order valence-corrected chi connectivity index (χ3v) is 8.41. The zero-order chi connectivity index (χ0) is 25.9. The van der Waals surface area contributed by atoms with Crippen molar-refractivity contribution < 1.29 is 12.8 Å². The minimum absolute atomic E-state index is 0.114. The highest BCUT2D eigenvalue weighted by Gasteiger charge is 2.27. The van der Waals surface area contributed by atoms with Crippen LogP contribution in [0.15, 0.2) is 71.6 Å². The Morgan fingerprint density at radius 1 is 0.917 bits per heavy atom. The molecular formula is C28H35FN4O2S. The molecule has 1 heterocycles. The van der Waals surface area contributed by atoms with Crippen molar-refractivity contribution in [1.29, 1.82) is 0 Å². The van der Waals surface area contributed by atoms with Crippen LogP contribution in [0.5, 0.6) is 0 Å². The Labute approximate surface area is 214 Å². The molecule has 36 heavy (non-hydrogen) atoms. The van der Waals surface area contributed by atoms with Gasteiger partial charge in [0, 0.05) is 64.2 Å². The van der Waals surface area contributed by atoms with Crippen molar-refractivity contribution in [2.24, 2.45) is 0 Å². The van der Waals surface area contributed by atoms with Gasteiger partial charge in [-0.15, -0.1) is 0 Å². The lowest BCUT2D eigenvalue weighted by molar-refractivity contribution is 0.187. The van der Waals surface area contributed by atoms with E-state index in [1.165, 1.54) is 12.1 Å². The summed E-state index contributed by atoms with van der Waals surface area (Å²) in [4.78, 5) is 6.93. The normalized spacial score (nSPS) is 15.6. The highest BCUT2D eigenvalue weighted by Crippen LogP contribution is 2.27. The first kappa shape index (κ1) is 26.1. The molecule has 0 saturated carbocycles. The number of hydrogen-bond donors (Lipinski definition) is 1. The number of benzene rings is 3. The Hall–Kier alpha value is -2.94. The van der Waals surface area contributed by atoms with E-state index in [0.29, 0.717) is 4.90 Å². The summed E-state index contributed by atoms with van der Waals surface area (Å²) in [6.07, 6.45) is 0. The van der Waals surface area contributed by atoms with Crippen molar-refractivity contribution >= 4 is 21.4 Å². The van der Waals surface area contributed by atoms with Gasteiger partial charge in [0.1, 0.15) is 5.82 Å². The van der Waals surface area contributed by atoms with Crippen LogP contribution in [0.1, 0.15) is 22.7 Å². The van der Waals surface area contributed by atoms with Gasteiger partial charge >= 0.3 is 0 Å². The van der Waals surface area contributed by atoms with Gasteiger partial charge < -0.3 is 9.80 Å². The molecule has 6 nitrogen and oxygen atoms in total. The molecule has 0 spiro atoms. The minimum Gasteiger partial charge on any atom is -0.378 e. The van der Waals surface area contributed by atoms with Gasteiger partial charge in [-0.2, -0.15) is 0 Å². The zero-order valence-corrected chi connectivity index (χ0v) is 22.2. The first-order valence-electron chi connectivity index (χ1n) is 12.2. The number of aryl methyl sites for hydroxylation is 2. The number of nitrogens with zero attached hydrogens (tertiary/aromatic N) is 3. The number of hydrogen-bond acceptors (Lipinski definition) is 5.